The number of nitrogens with zero attached hydrogens (tertiary/aromatic N) is 3. The molecule has 4 rings (SSSR count). The maximum absolute atomic E-state index is 11.3. The predicted octanol–water partition coefficient (Wildman–Crippen LogP) is 2.64. The standard InChI is InChI=1S/C17H21N5OS/c23-16-19-13-6-5-12(9-14(13)20-16)15-10-24-17(22-21-15)18-8-7-11-3-1-2-4-11/h5-6,9,11,13H,1-4,7-8,10H2,(H,18,22)(H,19,23). The Morgan fingerprint density at radius 3 is 3.00 bits per heavy atom. The van der Waals surface area contributed by atoms with Crippen LogP contribution in [0.3, 0.4) is 0 Å². The normalized spacial score (nSPS) is 28.2. The van der Waals surface area contributed by atoms with Gasteiger partial charge in [-0.25, -0.2) is 4.79 Å². The molecular formula is C17H21N5OS. The fourth-order valence-corrected chi connectivity index (χ4v) is 4.27. The second-order valence-corrected chi connectivity index (χ2v) is 7.47. The first-order chi connectivity index (χ1) is 11.8. The maximum atomic E-state index is 11.3. The summed E-state index contributed by atoms with van der Waals surface area (Å²) in [5, 5.41) is 8.14. The van der Waals surface area contributed by atoms with Gasteiger partial charge in [-0.2, -0.15) is 10.1 Å². The average Bonchev–Trinajstić information content (AvgIpc) is 3.23. The van der Waals surface area contributed by atoms with Crippen LogP contribution in [0.5, 0.6) is 0 Å². The zero-order valence-electron chi connectivity index (χ0n) is 13.5. The summed E-state index contributed by atoms with van der Waals surface area (Å²) in [4.78, 5) is 19.9. The molecule has 0 aromatic carbocycles. The third-order valence-corrected chi connectivity index (χ3v) is 5.74. The van der Waals surface area contributed by atoms with E-state index in [-0.39, 0.29) is 12.1 Å². The van der Waals surface area contributed by atoms with Crippen molar-refractivity contribution < 1.29 is 4.79 Å². The molecule has 0 bridgehead atoms. The Bertz CT molecular complexity index is 685. The van der Waals surface area contributed by atoms with E-state index >= 15 is 0 Å². The molecule has 2 N–H and O–H groups in total. The first-order valence-corrected chi connectivity index (χ1v) is 9.56. The van der Waals surface area contributed by atoms with Gasteiger partial charge < -0.3 is 5.32 Å². The van der Waals surface area contributed by atoms with Crippen LogP contribution < -0.4 is 10.7 Å². The van der Waals surface area contributed by atoms with E-state index in [4.69, 9.17) is 0 Å². The molecule has 2 aliphatic heterocycles. The SMILES string of the molecule is O=C1N=C2C=C(C3=NNC(=NCCC4CCCC4)SC3)C=CC2N1. The zero-order chi connectivity index (χ0) is 16.4. The molecule has 24 heavy (non-hydrogen) atoms. The molecule has 0 saturated heterocycles. The number of hydrazone groups is 1. The summed E-state index contributed by atoms with van der Waals surface area (Å²) in [5.41, 5.74) is 5.80. The molecular weight excluding hydrogens is 322 g/mol. The van der Waals surface area contributed by atoms with Crippen LogP contribution in [0, 0.1) is 5.92 Å². The topological polar surface area (TPSA) is 78.2 Å². The first-order valence-electron chi connectivity index (χ1n) is 8.57. The predicted molar refractivity (Wildman–Crippen MR) is 98.9 cm³/mol. The van der Waals surface area contributed by atoms with E-state index in [0.717, 1.165) is 40.4 Å². The maximum Gasteiger partial charge on any atom is 0.342 e. The Balaban J connectivity index is 1.34. The second kappa shape index (κ2) is 6.93. The summed E-state index contributed by atoms with van der Waals surface area (Å²) in [6.07, 6.45) is 12.6. The van der Waals surface area contributed by atoms with Gasteiger partial charge in [-0.3, -0.25) is 10.4 Å². The number of amidine groups is 1. The van der Waals surface area contributed by atoms with Gasteiger partial charge in [-0.05, 0) is 18.4 Å². The molecule has 2 heterocycles. The molecule has 2 aliphatic carbocycles. The molecule has 0 radical (unpaired) electrons. The summed E-state index contributed by atoms with van der Waals surface area (Å²) in [6.45, 7) is 0.889. The minimum absolute atomic E-state index is 0.0845. The van der Waals surface area contributed by atoms with Gasteiger partial charge in [0, 0.05) is 17.9 Å². The number of carbonyl (C=O) groups excluding carboxylic acids is 1. The van der Waals surface area contributed by atoms with Crippen LogP contribution in [0.25, 0.3) is 0 Å². The van der Waals surface area contributed by atoms with Gasteiger partial charge in [-0.1, -0.05) is 49.6 Å². The monoisotopic (exact) mass is 343 g/mol. The summed E-state index contributed by atoms with van der Waals surface area (Å²) < 4.78 is 0. The Hall–Kier alpha value is -1.89. The number of thioether (sulfide) groups is 1. The lowest BCUT2D eigenvalue weighted by atomic mass is 9.99. The van der Waals surface area contributed by atoms with Crippen molar-refractivity contribution >= 4 is 34.4 Å². The van der Waals surface area contributed by atoms with E-state index in [1.54, 1.807) is 11.8 Å². The summed E-state index contributed by atoms with van der Waals surface area (Å²) in [6, 6.07) is -0.356. The molecule has 1 saturated carbocycles. The highest BCUT2D eigenvalue weighted by Gasteiger charge is 2.26. The van der Waals surface area contributed by atoms with Gasteiger partial charge in [0.2, 0.25) is 0 Å². The Morgan fingerprint density at radius 1 is 1.33 bits per heavy atom. The highest BCUT2D eigenvalue weighted by molar-refractivity contribution is 8.14. The number of fused-ring (bicyclic) bond motifs is 1. The lowest BCUT2D eigenvalue weighted by Crippen LogP contribution is -2.32. The third kappa shape index (κ3) is 3.45. The van der Waals surface area contributed by atoms with E-state index in [9.17, 15) is 4.79 Å². The second-order valence-electron chi connectivity index (χ2n) is 6.51. The van der Waals surface area contributed by atoms with Crippen LogP contribution in [0.4, 0.5) is 4.79 Å². The molecule has 0 aromatic rings. The molecule has 1 fully saturated rings. The van der Waals surface area contributed by atoms with Crippen molar-refractivity contribution in [3.05, 3.63) is 23.8 Å². The lowest BCUT2D eigenvalue weighted by molar-refractivity contribution is 0.251. The van der Waals surface area contributed by atoms with Gasteiger partial charge in [-0.15, -0.1) is 0 Å². The van der Waals surface area contributed by atoms with Gasteiger partial charge in [0.1, 0.15) is 0 Å². The molecule has 1 atom stereocenters. The highest BCUT2D eigenvalue weighted by atomic mass is 32.2. The summed E-state index contributed by atoms with van der Waals surface area (Å²) in [7, 11) is 0. The van der Waals surface area contributed by atoms with Crippen LogP contribution in [0.2, 0.25) is 0 Å². The highest BCUT2D eigenvalue weighted by Crippen LogP contribution is 2.27. The van der Waals surface area contributed by atoms with Crippen molar-refractivity contribution in [2.24, 2.45) is 21.0 Å². The molecule has 1 unspecified atom stereocenters. The van der Waals surface area contributed by atoms with Crippen LogP contribution in [-0.2, 0) is 0 Å². The number of carbonyl (C=O) groups is 1. The minimum Gasteiger partial charge on any atom is -0.324 e. The molecule has 0 spiro atoms. The zero-order valence-corrected chi connectivity index (χ0v) is 14.3. The number of urea groups is 1. The van der Waals surface area contributed by atoms with Gasteiger partial charge in [0.25, 0.3) is 0 Å². The number of nitrogens with one attached hydrogen (secondary N) is 2. The largest absolute Gasteiger partial charge is 0.342 e. The first kappa shape index (κ1) is 15.6. The minimum atomic E-state index is -0.271. The third-order valence-electron chi connectivity index (χ3n) is 4.83. The van der Waals surface area contributed by atoms with Crippen molar-refractivity contribution in [1.82, 2.24) is 10.7 Å². The molecule has 2 amide bonds. The van der Waals surface area contributed by atoms with Crippen molar-refractivity contribution in [3.63, 3.8) is 0 Å². The number of hydrogen-bond donors (Lipinski definition) is 2. The van der Waals surface area contributed by atoms with E-state index < -0.39 is 0 Å². The molecule has 4 aliphatic rings. The number of allylic oxidation sites excluding steroid dienone is 2. The fourth-order valence-electron chi connectivity index (χ4n) is 3.47. The molecule has 7 heteroatoms. The van der Waals surface area contributed by atoms with Crippen LogP contribution in [0.15, 0.2) is 38.9 Å². The quantitative estimate of drug-likeness (QED) is 0.824. The van der Waals surface area contributed by atoms with Gasteiger partial charge in [0.05, 0.1) is 17.5 Å². The van der Waals surface area contributed by atoms with Crippen LogP contribution >= 0.6 is 11.8 Å². The van der Waals surface area contributed by atoms with Gasteiger partial charge in [0.15, 0.2) is 5.17 Å². The number of aliphatic imine (C=N–C) groups is 2. The average molecular weight is 343 g/mol. The van der Waals surface area contributed by atoms with Gasteiger partial charge >= 0.3 is 6.03 Å². The Labute approximate surface area is 145 Å². The Kier molecular flexibility index (Phi) is 4.51. The molecule has 6 nitrogen and oxygen atoms in total. The van der Waals surface area contributed by atoms with E-state index in [0.29, 0.717) is 0 Å². The Morgan fingerprint density at radius 2 is 2.21 bits per heavy atom. The van der Waals surface area contributed by atoms with Crippen molar-refractivity contribution in [2.75, 3.05) is 12.3 Å². The number of rotatable bonds is 4. The van der Waals surface area contributed by atoms with E-state index in [1.165, 1.54) is 32.1 Å². The summed E-state index contributed by atoms with van der Waals surface area (Å²) in [5.74, 6) is 1.65. The van der Waals surface area contributed by atoms with Crippen molar-refractivity contribution in [3.8, 4) is 0 Å². The lowest BCUT2D eigenvalue weighted by Gasteiger charge is -2.18. The smallest absolute Gasteiger partial charge is 0.324 e. The van der Waals surface area contributed by atoms with Crippen LogP contribution in [0.1, 0.15) is 32.1 Å². The number of hydrogen-bond acceptors (Lipinski definition) is 4. The fraction of sp³-hybridized carbons (Fsp3) is 0.529. The molecule has 126 valence electrons. The van der Waals surface area contributed by atoms with Crippen molar-refractivity contribution in [2.45, 2.75) is 38.1 Å². The van der Waals surface area contributed by atoms with E-state index in [2.05, 4.69) is 25.8 Å². The number of amides is 2. The molecule has 0 aromatic heterocycles. The van der Waals surface area contributed by atoms with Crippen molar-refractivity contribution in [1.29, 1.82) is 0 Å². The van der Waals surface area contributed by atoms with Crippen LogP contribution in [-0.4, -0.2) is 41.0 Å². The summed E-state index contributed by atoms with van der Waals surface area (Å²) >= 11 is 1.68. The van der Waals surface area contributed by atoms with E-state index in [1.807, 2.05) is 18.2 Å².